The number of nitrogens with zero attached hydrogens (tertiary/aromatic N) is 2. The molecular weight excluding hydrogens is 172 g/mol. The lowest BCUT2D eigenvalue weighted by atomic mass is 10.3. The third-order valence-corrected chi connectivity index (χ3v) is 1.90. The minimum atomic E-state index is -0.254. The van der Waals surface area contributed by atoms with Crippen LogP contribution in [0.3, 0.4) is 0 Å². The molecule has 13 heavy (non-hydrogen) atoms. The first-order chi connectivity index (χ1) is 6.16. The fraction of sp³-hybridized carbons (Fsp3) is 0.500. The summed E-state index contributed by atoms with van der Waals surface area (Å²) in [7, 11) is 1.61. The molecule has 1 aromatic rings. The summed E-state index contributed by atoms with van der Waals surface area (Å²) < 4.78 is 4.54. The largest absolute Gasteiger partial charge is 0.394 e. The van der Waals surface area contributed by atoms with Gasteiger partial charge in [0.2, 0.25) is 0 Å². The second-order valence-electron chi connectivity index (χ2n) is 2.83. The highest BCUT2D eigenvalue weighted by molar-refractivity contribution is 5.92. The van der Waals surface area contributed by atoms with Gasteiger partial charge in [0, 0.05) is 13.1 Å². The Balaban J connectivity index is 2.68. The Labute approximate surface area is 75.9 Å². The molecular formula is C8H12N2O3. The minimum Gasteiger partial charge on any atom is -0.394 e. The highest BCUT2D eigenvalue weighted by Crippen LogP contribution is 2.03. The molecule has 0 aliphatic carbocycles. The lowest BCUT2D eigenvalue weighted by Crippen LogP contribution is -2.37. The molecule has 1 atom stereocenters. The Morgan fingerprint density at radius 1 is 1.85 bits per heavy atom. The van der Waals surface area contributed by atoms with Crippen molar-refractivity contribution < 1.29 is 14.4 Å². The van der Waals surface area contributed by atoms with Crippen LogP contribution in [0.2, 0.25) is 0 Å². The topological polar surface area (TPSA) is 66.6 Å². The number of likely N-dealkylation sites (N-methyl/N-ethyl adjacent to an activating group) is 1. The van der Waals surface area contributed by atoms with Gasteiger partial charge in [0.05, 0.1) is 12.6 Å². The van der Waals surface area contributed by atoms with Crippen LogP contribution in [0, 0.1) is 0 Å². The molecule has 0 spiro atoms. The van der Waals surface area contributed by atoms with Crippen LogP contribution in [0.5, 0.6) is 0 Å². The molecule has 0 saturated carbocycles. The molecule has 0 fully saturated rings. The van der Waals surface area contributed by atoms with E-state index in [2.05, 4.69) is 9.68 Å². The monoisotopic (exact) mass is 184 g/mol. The van der Waals surface area contributed by atoms with Gasteiger partial charge in [-0.1, -0.05) is 5.16 Å². The van der Waals surface area contributed by atoms with Crippen molar-refractivity contribution >= 4 is 5.91 Å². The van der Waals surface area contributed by atoms with Crippen LogP contribution in [-0.2, 0) is 0 Å². The van der Waals surface area contributed by atoms with Gasteiger partial charge in [-0.15, -0.1) is 0 Å². The fourth-order valence-corrected chi connectivity index (χ4v) is 0.826. The minimum absolute atomic E-state index is 0.0694. The van der Waals surface area contributed by atoms with E-state index in [9.17, 15) is 4.79 Å². The summed E-state index contributed by atoms with van der Waals surface area (Å²) in [5.74, 6) is -0.254. The van der Waals surface area contributed by atoms with Gasteiger partial charge in [-0.3, -0.25) is 4.79 Å². The van der Waals surface area contributed by atoms with Crippen molar-refractivity contribution in [2.24, 2.45) is 0 Å². The van der Waals surface area contributed by atoms with Crippen LogP contribution < -0.4 is 0 Å². The number of amides is 1. The maximum absolute atomic E-state index is 11.5. The van der Waals surface area contributed by atoms with Crippen molar-refractivity contribution in [2.75, 3.05) is 13.7 Å². The van der Waals surface area contributed by atoms with Crippen LogP contribution >= 0.6 is 0 Å². The SMILES string of the molecule is CC(CO)N(C)C(=O)c1ccon1. The molecule has 1 rings (SSSR count). The molecule has 1 heterocycles. The Hall–Kier alpha value is -1.36. The molecule has 0 aliphatic rings. The van der Waals surface area contributed by atoms with Crippen molar-refractivity contribution in [1.82, 2.24) is 10.1 Å². The maximum atomic E-state index is 11.5. The molecule has 0 bridgehead atoms. The van der Waals surface area contributed by atoms with E-state index in [1.54, 1.807) is 14.0 Å². The van der Waals surface area contributed by atoms with E-state index in [1.807, 2.05) is 0 Å². The normalized spacial score (nSPS) is 12.5. The number of hydrogen-bond acceptors (Lipinski definition) is 4. The van der Waals surface area contributed by atoms with Crippen molar-refractivity contribution in [2.45, 2.75) is 13.0 Å². The van der Waals surface area contributed by atoms with E-state index in [-0.39, 0.29) is 24.2 Å². The highest BCUT2D eigenvalue weighted by atomic mass is 16.5. The van der Waals surface area contributed by atoms with Crippen LogP contribution in [0.15, 0.2) is 16.9 Å². The maximum Gasteiger partial charge on any atom is 0.276 e. The van der Waals surface area contributed by atoms with E-state index < -0.39 is 0 Å². The van der Waals surface area contributed by atoms with Crippen molar-refractivity contribution in [3.63, 3.8) is 0 Å². The summed E-state index contributed by atoms with van der Waals surface area (Å²) in [6, 6.07) is 1.27. The number of rotatable bonds is 3. The molecule has 1 N–H and O–H groups in total. The van der Waals surface area contributed by atoms with Gasteiger partial charge < -0.3 is 14.5 Å². The van der Waals surface area contributed by atoms with Crippen LogP contribution in [0.25, 0.3) is 0 Å². The smallest absolute Gasteiger partial charge is 0.276 e. The molecule has 5 heteroatoms. The molecule has 0 radical (unpaired) electrons. The molecule has 5 nitrogen and oxygen atoms in total. The number of hydrogen-bond donors (Lipinski definition) is 1. The lowest BCUT2D eigenvalue weighted by molar-refractivity contribution is 0.0672. The molecule has 0 aliphatic heterocycles. The third-order valence-electron chi connectivity index (χ3n) is 1.90. The summed E-state index contributed by atoms with van der Waals surface area (Å²) >= 11 is 0. The number of carbonyl (C=O) groups excluding carboxylic acids is 1. The average molecular weight is 184 g/mol. The number of aromatic nitrogens is 1. The highest BCUT2D eigenvalue weighted by Gasteiger charge is 2.18. The summed E-state index contributed by atoms with van der Waals surface area (Å²) in [6.45, 7) is 1.68. The Bertz CT molecular complexity index is 271. The average Bonchev–Trinajstić information content (AvgIpc) is 2.67. The second kappa shape index (κ2) is 4.04. The van der Waals surface area contributed by atoms with Gasteiger partial charge in [-0.25, -0.2) is 0 Å². The van der Waals surface area contributed by atoms with E-state index >= 15 is 0 Å². The van der Waals surface area contributed by atoms with Crippen LogP contribution in [-0.4, -0.2) is 40.8 Å². The fourth-order valence-electron chi connectivity index (χ4n) is 0.826. The summed E-state index contributed by atoms with van der Waals surface area (Å²) in [6.07, 6.45) is 1.34. The standard InChI is InChI=1S/C8H12N2O3/c1-6(5-11)10(2)8(12)7-3-4-13-9-7/h3-4,6,11H,5H2,1-2H3. The lowest BCUT2D eigenvalue weighted by Gasteiger charge is -2.21. The Kier molecular flexibility index (Phi) is 3.02. The predicted octanol–water partition coefficient (Wildman–Crippen LogP) is 0.127. The van der Waals surface area contributed by atoms with Gasteiger partial charge in [0.25, 0.3) is 5.91 Å². The van der Waals surface area contributed by atoms with E-state index in [4.69, 9.17) is 5.11 Å². The number of aliphatic hydroxyl groups is 1. The van der Waals surface area contributed by atoms with Crippen molar-refractivity contribution in [3.05, 3.63) is 18.0 Å². The molecule has 0 aromatic carbocycles. The van der Waals surface area contributed by atoms with Crippen LogP contribution in [0.1, 0.15) is 17.4 Å². The van der Waals surface area contributed by atoms with Gasteiger partial charge in [-0.2, -0.15) is 0 Å². The third kappa shape index (κ3) is 2.06. The molecule has 72 valence electrons. The number of carbonyl (C=O) groups is 1. The first kappa shape index (κ1) is 9.73. The van der Waals surface area contributed by atoms with E-state index in [0.717, 1.165) is 0 Å². The van der Waals surface area contributed by atoms with Crippen LogP contribution in [0.4, 0.5) is 0 Å². The zero-order chi connectivity index (χ0) is 9.84. The molecule has 1 aromatic heterocycles. The molecule has 0 saturated heterocycles. The first-order valence-corrected chi connectivity index (χ1v) is 3.95. The zero-order valence-corrected chi connectivity index (χ0v) is 7.60. The van der Waals surface area contributed by atoms with Gasteiger partial charge in [-0.05, 0) is 6.92 Å². The van der Waals surface area contributed by atoms with Gasteiger partial charge >= 0.3 is 0 Å². The number of aliphatic hydroxyl groups excluding tert-OH is 1. The first-order valence-electron chi connectivity index (χ1n) is 3.95. The van der Waals surface area contributed by atoms with E-state index in [1.165, 1.54) is 17.2 Å². The Morgan fingerprint density at radius 2 is 2.54 bits per heavy atom. The quantitative estimate of drug-likeness (QED) is 0.725. The van der Waals surface area contributed by atoms with E-state index in [0.29, 0.717) is 0 Å². The van der Waals surface area contributed by atoms with Crippen molar-refractivity contribution in [1.29, 1.82) is 0 Å². The molecule has 1 unspecified atom stereocenters. The predicted molar refractivity (Wildman–Crippen MR) is 45.1 cm³/mol. The summed E-state index contributed by atoms with van der Waals surface area (Å²) in [4.78, 5) is 12.9. The summed E-state index contributed by atoms with van der Waals surface area (Å²) in [5.41, 5.74) is 0.253. The zero-order valence-electron chi connectivity index (χ0n) is 7.60. The second-order valence-corrected chi connectivity index (χ2v) is 2.83. The Morgan fingerprint density at radius 3 is 3.00 bits per heavy atom. The van der Waals surface area contributed by atoms with Gasteiger partial charge in [0.15, 0.2) is 5.69 Å². The van der Waals surface area contributed by atoms with Gasteiger partial charge in [0.1, 0.15) is 6.26 Å². The van der Waals surface area contributed by atoms with Crippen molar-refractivity contribution in [3.8, 4) is 0 Å². The molecule has 1 amide bonds. The summed E-state index contributed by atoms with van der Waals surface area (Å²) in [5, 5.41) is 12.3.